The van der Waals surface area contributed by atoms with Crippen LogP contribution in [0.4, 0.5) is 5.69 Å². The predicted octanol–water partition coefficient (Wildman–Crippen LogP) is 4.24. The van der Waals surface area contributed by atoms with Crippen molar-refractivity contribution in [2.45, 2.75) is 32.2 Å². The third-order valence-electron chi connectivity index (χ3n) is 6.30. The number of hydrogen-bond acceptors (Lipinski definition) is 7. The van der Waals surface area contributed by atoms with Crippen LogP contribution >= 0.6 is 0 Å². The monoisotopic (exact) mass is 541 g/mol. The van der Waals surface area contributed by atoms with Crippen molar-refractivity contribution in [2.75, 3.05) is 37.7 Å². The number of anilines is 1. The van der Waals surface area contributed by atoms with Crippen molar-refractivity contribution in [1.29, 1.82) is 0 Å². The van der Waals surface area contributed by atoms with Crippen LogP contribution < -0.4 is 19.3 Å². The van der Waals surface area contributed by atoms with Gasteiger partial charge in [0.25, 0.3) is 15.9 Å². The van der Waals surface area contributed by atoms with E-state index in [1.54, 1.807) is 60.9 Å². The molecular formula is C28H35N3O6S. The molecule has 3 aromatic rings. The van der Waals surface area contributed by atoms with Crippen molar-refractivity contribution in [1.82, 2.24) is 10.4 Å². The maximum absolute atomic E-state index is 13.9. The molecule has 3 aromatic carbocycles. The van der Waals surface area contributed by atoms with Gasteiger partial charge in [-0.1, -0.05) is 38.1 Å². The highest BCUT2D eigenvalue weighted by molar-refractivity contribution is 7.92. The van der Waals surface area contributed by atoms with E-state index in [0.29, 0.717) is 29.2 Å². The second-order valence-electron chi connectivity index (χ2n) is 8.62. The van der Waals surface area contributed by atoms with Crippen molar-refractivity contribution in [3.8, 4) is 11.5 Å². The van der Waals surface area contributed by atoms with Crippen LogP contribution in [0, 0.1) is 6.92 Å². The number of amides is 1. The normalized spacial score (nSPS) is 11.3. The molecule has 0 spiro atoms. The minimum Gasteiger partial charge on any atom is -0.497 e. The minimum atomic E-state index is -4.12. The molecule has 0 radical (unpaired) electrons. The summed E-state index contributed by atoms with van der Waals surface area (Å²) in [6.45, 7) is 9.13. The summed E-state index contributed by atoms with van der Waals surface area (Å²) in [5.41, 5.74) is 3.07. The van der Waals surface area contributed by atoms with Gasteiger partial charge in [0, 0.05) is 6.54 Å². The Hall–Kier alpha value is -3.60. The lowest BCUT2D eigenvalue weighted by atomic mass is 10.1. The maximum Gasteiger partial charge on any atom is 0.276 e. The molecule has 0 bridgehead atoms. The van der Waals surface area contributed by atoms with Crippen molar-refractivity contribution in [3.63, 3.8) is 0 Å². The first-order valence-electron chi connectivity index (χ1n) is 12.4. The molecule has 10 heteroatoms. The Morgan fingerprint density at radius 2 is 1.58 bits per heavy atom. The third kappa shape index (κ3) is 6.83. The molecule has 0 heterocycles. The fraction of sp³-hybridized carbons (Fsp3) is 0.321. The number of para-hydroxylation sites is 1. The van der Waals surface area contributed by atoms with E-state index in [1.807, 2.05) is 0 Å². The minimum absolute atomic E-state index is 0.0287. The fourth-order valence-corrected chi connectivity index (χ4v) is 5.62. The molecule has 0 aliphatic heterocycles. The standard InChI is InChI=1S/C28H35N3O6S/c1-5-30(6-2)18-19-37-24-12-10-22(11-13-24)20-31(27-21(3)8-7-9-26(27)28(32)29-33)38(34,35)25-16-14-23(36-4)15-17-25/h7-17,33H,5-6,18-20H2,1-4H3,(H,29,32). The van der Waals surface area contributed by atoms with Gasteiger partial charge in [-0.25, -0.2) is 13.9 Å². The van der Waals surface area contributed by atoms with Gasteiger partial charge in [-0.15, -0.1) is 0 Å². The highest BCUT2D eigenvalue weighted by Gasteiger charge is 2.30. The molecule has 0 aliphatic carbocycles. The number of hydrogen-bond donors (Lipinski definition) is 2. The molecule has 1 amide bonds. The number of nitrogens with zero attached hydrogens (tertiary/aromatic N) is 2. The second kappa shape index (κ2) is 13.3. The summed E-state index contributed by atoms with van der Waals surface area (Å²) in [5, 5.41) is 9.32. The fourth-order valence-electron chi connectivity index (χ4n) is 4.08. The number of aryl methyl sites for hydroxylation is 1. The van der Waals surface area contributed by atoms with Crippen LogP contribution in [0.5, 0.6) is 11.5 Å². The molecule has 0 aromatic heterocycles. The molecular weight excluding hydrogens is 506 g/mol. The van der Waals surface area contributed by atoms with E-state index < -0.39 is 15.9 Å². The number of carbonyl (C=O) groups excluding carboxylic acids is 1. The number of sulfonamides is 1. The van der Waals surface area contributed by atoms with Gasteiger partial charge in [0.15, 0.2) is 0 Å². The number of benzene rings is 3. The van der Waals surface area contributed by atoms with Gasteiger partial charge in [-0.3, -0.25) is 14.3 Å². The van der Waals surface area contributed by atoms with Gasteiger partial charge in [-0.2, -0.15) is 0 Å². The number of nitrogens with one attached hydrogen (secondary N) is 1. The van der Waals surface area contributed by atoms with Gasteiger partial charge >= 0.3 is 0 Å². The van der Waals surface area contributed by atoms with Gasteiger partial charge in [0.2, 0.25) is 0 Å². The van der Waals surface area contributed by atoms with E-state index in [9.17, 15) is 18.4 Å². The molecule has 0 saturated heterocycles. The van der Waals surface area contributed by atoms with E-state index in [1.165, 1.54) is 29.6 Å². The first-order chi connectivity index (χ1) is 18.2. The van der Waals surface area contributed by atoms with Crippen molar-refractivity contribution in [3.05, 3.63) is 83.4 Å². The summed E-state index contributed by atoms with van der Waals surface area (Å²) in [7, 11) is -2.62. The van der Waals surface area contributed by atoms with E-state index in [4.69, 9.17) is 9.47 Å². The van der Waals surface area contributed by atoms with E-state index in [0.717, 1.165) is 19.6 Å². The van der Waals surface area contributed by atoms with Crippen molar-refractivity contribution in [2.24, 2.45) is 0 Å². The lowest BCUT2D eigenvalue weighted by molar-refractivity contribution is 0.0707. The SMILES string of the molecule is CCN(CC)CCOc1ccc(CN(c2c(C)cccc2C(=O)NO)S(=O)(=O)c2ccc(OC)cc2)cc1. The van der Waals surface area contributed by atoms with Crippen LogP contribution in [0.1, 0.15) is 35.3 Å². The molecule has 0 unspecified atom stereocenters. The number of likely N-dealkylation sites (N-methyl/N-ethyl adjacent to an activating group) is 1. The Labute approximate surface area is 224 Å². The number of rotatable bonds is 13. The summed E-state index contributed by atoms with van der Waals surface area (Å²) >= 11 is 0. The molecule has 204 valence electrons. The smallest absolute Gasteiger partial charge is 0.276 e. The van der Waals surface area contributed by atoms with Crippen LogP contribution in [-0.4, -0.2) is 57.8 Å². The highest BCUT2D eigenvalue weighted by Crippen LogP contribution is 2.33. The number of carbonyl (C=O) groups is 1. The second-order valence-corrected chi connectivity index (χ2v) is 10.5. The summed E-state index contributed by atoms with van der Waals surface area (Å²) in [6, 6.07) is 18.1. The van der Waals surface area contributed by atoms with E-state index in [-0.39, 0.29) is 22.7 Å². The molecule has 0 fully saturated rings. The van der Waals surface area contributed by atoms with Crippen LogP contribution in [0.25, 0.3) is 0 Å². The van der Waals surface area contributed by atoms with Crippen molar-refractivity contribution < 1.29 is 27.9 Å². The molecule has 0 saturated carbocycles. The zero-order valence-electron chi connectivity index (χ0n) is 22.2. The quantitative estimate of drug-likeness (QED) is 0.246. The summed E-state index contributed by atoms with van der Waals surface area (Å²) < 4.78 is 40.1. The Bertz CT molecular complexity index is 1310. The maximum atomic E-state index is 13.9. The zero-order chi connectivity index (χ0) is 27.7. The lowest BCUT2D eigenvalue weighted by Gasteiger charge is -2.28. The van der Waals surface area contributed by atoms with Crippen LogP contribution in [0.15, 0.2) is 71.6 Å². The number of ether oxygens (including phenoxy) is 2. The summed E-state index contributed by atoms with van der Waals surface area (Å²) in [5.74, 6) is 0.389. The zero-order valence-corrected chi connectivity index (χ0v) is 23.0. The molecule has 2 N–H and O–H groups in total. The van der Waals surface area contributed by atoms with Gasteiger partial charge in [-0.05, 0) is 73.6 Å². The van der Waals surface area contributed by atoms with Gasteiger partial charge in [0.1, 0.15) is 18.1 Å². The van der Waals surface area contributed by atoms with E-state index >= 15 is 0 Å². The Kier molecular flexibility index (Phi) is 10.1. The molecule has 3 rings (SSSR count). The molecule has 0 atom stereocenters. The van der Waals surface area contributed by atoms with Crippen LogP contribution in [-0.2, 0) is 16.6 Å². The average molecular weight is 542 g/mol. The van der Waals surface area contributed by atoms with Gasteiger partial charge in [0.05, 0.1) is 29.8 Å². The number of hydroxylamine groups is 1. The Morgan fingerprint density at radius 3 is 2.16 bits per heavy atom. The molecule has 0 aliphatic rings. The highest BCUT2D eigenvalue weighted by atomic mass is 32.2. The third-order valence-corrected chi connectivity index (χ3v) is 8.06. The summed E-state index contributed by atoms with van der Waals surface area (Å²) in [4.78, 5) is 14.8. The van der Waals surface area contributed by atoms with Gasteiger partial charge < -0.3 is 14.4 Å². The molecule has 38 heavy (non-hydrogen) atoms. The van der Waals surface area contributed by atoms with Crippen molar-refractivity contribution >= 4 is 21.6 Å². The molecule has 9 nitrogen and oxygen atoms in total. The Balaban J connectivity index is 1.98. The summed E-state index contributed by atoms with van der Waals surface area (Å²) in [6.07, 6.45) is 0. The van der Waals surface area contributed by atoms with E-state index in [2.05, 4.69) is 18.7 Å². The topological polar surface area (TPSA) is 108 Å². The Morgan fingerprint density at radius 1 is 0.947 bits per heavy atom. The van der Waals surface area contributed by atoms with Crippen LogP contribution in [0.2, 0.25) is 0 Å². The largest absolute Gasteiger partial charge is 0.497 e. The average Bonchev–Trinajstić information content (AvgIpc) is 2.94. The first-order valence-corrected chi connectivity index (χ1v) is 13.8. The number of methoxy groups -OCH3 is 1. The van der Waals surface area contributed by atoms with Crippen LogP contribution in [0.3, 0.4) is 0 Å². The first kappa shape index (κ1) is 29.0. The predicted molar refractivity (Wildman–Crippen MR) is 147 cm³/mol. The lowest BCUT2D eigenvalue weighted by Crippen LogP contribution is -2.33.